The van der Waals surface area contributed by atoms with Crippen molar-refractivity contribution in [3.63, 3.8) is 0 Å². The molecule has 0 fully saturated rings. The van der Waals surface area contributed by atoms with E-state index >= 15 is 0 Å². The molecule has 1 rings (SSSR count). The van der Waals surface area contributed by atoms with Crippen LogP contribution in [0.25, 0.3) is 0 Å². The molecule has 0 aliphatic heterocycles. The van der Waals surface area contributed by atoms with Gasteiger partial charge in [-0.1, -0.05) is 24.3 Å². The Kier molecular flexibility index (Phi) is 6.53. The summed E-state index contributed by atoms with van der Waals surface area (Å²) in [4.78, 5) is 0. The first kappa shape index (κ1) is 13.6. The molecular formula is C13H21NOS. The molecule has 0 spiro atoms. The summed E-state index contributed by atoms with van der Waals surface area (Å²) in [6.07, 6.45) is 0.831. The zero-order valence-electron chi connectivity index (χ0n) is 10.1. The van der Waals surface area contributed by atoms with Crippen LogP contribution >= 0.6 is 11.8 Å². The molecule has 90 valence electrons. The number of hydrogen-bond acceptors (Lipinski definition) is 3. The fourth-order valence-corrected chi connectivity index (χ4v) is 2.83. The third-order valence-electron chi connectivity index (χ3n) is 2.72. The van der Waals surface area contributed by atoms with Crippen molar-refractivity contribution in [3.05, 3.63) is 35.4 Å². The highest BCUT2D eigenvalue weighted by Crippen LogP contribution is 2.17. The lowest BCUT2D eigenvalue weighted by Gasteiger charge is -2.14. The van der Waals surface area contributed by atoms with Crippen LogP contribution in [0.1, 0.15) is 17.5 Å². The first-order valence-corrected chi connectivity index (χ1v) is 6.83. The maximum absolute atomic E-state index is 8.88. The molecule has 1 aromatic carbocycles. The Morgan fingerprint density at radius 1 is 1.38 bits per heavy atom. The van der Waals surface area contributed by atoms with Crippen LogP contribution in [-0.4, -0.2) is 30.6 Å². The van der Waals surface area contributed by atoms with Crippen LogP contribution in [0.15, 0.2) is 24.3 Å². The van der Waals surface area contributed by atoms with Gasteiger partial charge in [0.25, 0.3) is 0 Å². The lowest BCUT2D eigenvalue weighted by molar-refractivity contribution is 0.273. The molecule has 0 saturated carbocycles. The average molecular weight is 239 g/mol. The van der Waals surface area contributed by atoms with Crippen molar-refractivity contribution in [2.45, 2.75) is 25.1 Å². The molecule has 2 nitrogen and oxygen atoms in total. The van der Waals surface area contributed by atoms with Crippen LogP contribution < -0.4 is 5.32 Å². The molecule has 3 heteroatoms. The molecule has 0 amide bonds. The van der Waals surface area contributed by atoms with Crippen LogP contribution in [0.4, 0.5) is 0 Å². The van der Waals surface area contributed by atoms with Gasteiger partial charge in [0.05, 0.1) is 0 Å². The van der Waals surface area contributed by atoms with Crippen molar-refractivity contribution in [1.82, 2.24) is 5.32 Å². The highest BCUT2D eigenvalue weighted by atomic mass is 32.2. The van der Waals surface area contributed by atoms with Crippen LogP contribution in [0, 0.1) is 6.92 Å². The fraction of sp³-hybridized carbons (Fsp3) is 0.538. The van der Waals surface area contributed by atoms with E-state index in [0.717, 1.165) is 17.9 Å². The van der Waals surface area contributed by atoms with Gasteiger partial charge < -0.3 is 10.4 Å². The molecule has 1 unspecified atom stereocenters. The summed E-state index contributed by atoms with van der Waals surface area (Å²) in [6, 6.07) is 8.92. The third-order valence-corrected chi connectivity index (χ3v) is 3.88. The van der Waals surface area contributed by atoms with Gasteiger partial charge in [-0.05, 0) is 31.5 Å². The van der Waals surface area contributed by atoms with E-state index in [1.807, 2.05) is 18.8 Å². The van der Waals surface area contributed by atoms with Gasteiger partial charge in [0.2, 0.25) is 0 Å². The monoisotopic (exact) mass is 239 g/mol. The van der Waals surface area contributed by atoms with Crippen molar-refractivity contribution in [3.8, 4) is 0 Å². The Balaban J connectivity index is 2.32. The highest BCUT2D eigenvalue weighted by Gasteiger charge is 2.05. The van der Waals surface area contributed by atoms with E-state index in [4.69, 9.17) is 5.11 Å². The van der Waals surface area contributed by atoms with Gasteiger partial charge in [-0.15, -0.1) is 0 Å². The molecule has 0 aliphatic carbocycles. The predicted molar refractivity (Wildman–Crippen MR) is 71.9 cm³/mol. The van der Waals surface area contributed by atoms with Gasteiger partial charge >= 0.3 is 0 Å². The Morgan fingerprint density at radius 3 is 2.75 bits per heavy atom. The normalized spacial score (nSPS) is 12.7. The number of aliphatic hydroxyl groups is 1. The van der Waals surface area contributed by atoms with Crippen molar-refractivity contribution in [1.29, 1.82) is 0 Å². The number of benzene rings is 1. The SMILES string of the molecule is CNC(CCO)CSCc1ccccc1C. The summed E-state index contributed by atoms with van der Waals surface area (Å²) in [5.41, 5.74) is 2.77. The molecule has 1 aromatic rings. The van der Waals surface area contributed by atoms with E-state index in [0.29, 0.717) is 6.04 Å². The number of aryl methyl sites for hydroxylation is 1. The highest BCUT2D eigenvalue weighted by molar-refractivity contribution is 7.98. The summed E-state index contributed by atoms with van der Waals surface area (Å²) >= 11 is 1.92. The minimum atomic E-state index is 0.260. The summed E-state index contributed by atoms with van der Waals surface area (Å²) in [5, 5.41) is 12.1. The second kappa shape index (κ2) is 7.71. The Morgan fingerprint density at radius 2 is 2.12 bits per heavy atom. The molecule has 0 saturated heterocycles. The summed E-state index contributed by atoms with van der Waals surface area (Å²) < 4.78 is 0. The van der Waals surface area contributed by atoms with Gasteiger partial charge in [-0.2, -0.15) is 11.8 Å². The summed E-state index contributed by atoms with van der Waals surface area (Å²) in [7, 11) is 1.95. The molecule has 16 heavy (non-hydrogen) atoms. The minimum absolute atomic E-state index is 0.260. The first-order chi connectivity index (χ1) is 7.77. The van der Waals surface area contributed by atoms with Gasteiger partial charge in [-0.3, -0.25) is 0 Å². The Hall–Kier alpha value is -0.510. The van der Waals surface area contributed by atoms with E-state index in [1.54, 1.807) is 0 Å². The molecule has 0 aliphatic rings. The molecule has 2 N–H and O–H groups in total. The zero-order chi connectivity index (χ0) is 11.8. The summed E-state index contributed by atoms with van der Waals surface area (Å²) in [6.45, 7) is 2.41. The van der Waals surface area contributed by atoms with E-state index in [9.17, 15) is 0 Å². The van der Waals surface area contributed by atoms with Crippen LogP contribution in [0.5, 0.6) is 0 Å². The maximum Gasteiger partial charge on any atom is 0.0446 e. The Bertz CT molecular complexity index is 304. The Labute approximate surface area is 102 Å². The number of nitrogens with one attached hydrogen (secondary N) is 1. The van der Waals surface area contributed by atoms with Crippen LogP contribution in [0.2, 0.25) is 0 Å². The summed E-state index contributed by atoms with van der Waals surface area (Å²) in [5.74, 6) is 2.10. The van der Waals surface area contributed by atoms with Crippen LogP contribution in [0.3, 0.4) is 0 Å². The van der Waals surface area contributed by atoms with E-state index in [2.05, 4.69) is 36.5 Å². The predicted octanol–water partition coefficient (Wildman–Crippen LogP) is 2.20. The standard InChI is InChI=1S/C13H21NOS/c1-11-5-3-4-6-12(11)9-16-10-13(14-2)7-8-15/h3-6,13-15H,7-10H2,1-2H3. The lowest BCUT2D eigenvalue weighted by Crippen LogP contribution is -2.28. The number of thioether (sulfide) groups is 1. The third kappa shape index (κ3) is 4.56. The molecule has 0 bridgehead atoms. The molecule has 0 radical (unpaired) electrons. The number of rotatable bonds is 7. The molecule has 0 heterocycles. The lowest BCUT2D eigenvalue weighted by atomic mass is 10.1. The van der Waals surface area contributed by atoms with E-state index in [-0.39, 0.29) is 6.61 Å². The second-order valence-corrected chi connectivity index (χ2v) is 4.97. The number of aliphatic hydroxyl groups excluding tert-OH is 1. The number of hydrogen-bond donors (Lipinski definition) is 2. The maximum atomic E-state index is 8.88. The fourth-order valence-electron chi connectivity index (χ4n) is 1.55. The molecular weight excluding hydrogens is 218 g/mol. The molecule has 1 atom stereocenters. The quantitative estimate of drug-likeness (QED) is 0.765. The topological polar surface area (TPSA) is 32.3 Å². The average Bonchev–Trinajstić information content (AvgIpc) is 2.30. The van der Waals surface area contributed by atoms with Gasteiger partial charge in [0.1, 0.15) is 0 Å². The largest absolute Gasteiger partial charge is 0.396 e. The van der Waals surface area contributed by atoms with Gasteiger partial charge in [0, 0.05) is 24.2 Å². The van der Waals surface area contributed by atoms with Crippen molar-refractivity contribution in [2.24, 2.45) is 0 Å². The van der Waals surface area contributed by atoms with E-state index in [1.165, 1.54) is 11.1 Å². The van der Waals surface area contributed by atoms with Gasteiger partial charge in [-0.25, -0.2) is 0 Å². The zero-order valence-corrected chi connectivity index (χ0v) is 10.9. The van der Waals surface area contributed by atoms with Crippen molar-refractivity contribution >= 4 is 11.8 Å². The van der Waals surface area contributed by atoms with Crippen molar-refractivity contribution < 1.29 is 5.11 Å². The minimum Gasteiger partial charge on any atom is -0.396 e. The first-order valence-electron chi connectivity index (χ1n) is 5.68. The van der Waals surface area contributed by atoms with Gasteiger partial charge in [0.15, 0.2) is 0 Å². The van der Waals surface area contributed by atoms with Crippen LogP contribution in [-0.2, 0) is 5.75 Å². The molecule has 0 aromatic heterocycles. The van der Waals surface area contributed by atoms with Crippen molar-refractivity contribution in [2.75, 3.05) is 19.4 Å². The smallest absolute Gasteiger partial charge is 0.0446 e. The van der Waals surface area contributed by atoms with E-state index < -0.39 is 0 Å². The second-order valence-electron chi connectivity index (χ2n) is 3.94.